The quantitative estimate of drug-likeness (QED) is 0.808. The number of nitrogens with two attached hydrogens (primary N) is 1. The SMILES string of the molecule is CCC(CC)(CN)C(=O)NC1CCN2CCCC2C1.Cl.Cl. The van der Waals surface area contributed by atoms with Gasteiger partial charge in [0, 0.05) is 25.2 Å². The molecule has 0 aromatic rings. The summed E-state index contributed by atoms with van der Waals surface area (Å²) in [5.74, 6) is 0.177. The summed E-state index contributed by atoms with van der Waals surface area (Å²) in [6, 6.07) is 1.06. The molecule has 0 spiro atoms. The predicted octanol–water partition coefficient (Wildman–Crippen LogP) is 2.34. The Balaban J connectivity index is 0.00000200. The van der Waals surface area contributed by atoms with Gasteiger partial charge in [0.25, 0.3) is 0 Å². The largest absolute Gasteiger partial charge is 0.353 e. The van der Waals surface area contributed by atoms with Gasteiger partial charge >= 0.3 is 0 Å². The number of carbonyl (C=O) groups excluding carboxylic acids is 1. The molecule has 0 bridgehead atoms. The number of nitrogens with zero attached hydrogens (tertiary/aromatic N) is 1. The average molecular weight is 340 g/mol. The Kier molecular flexibility index (Phi) is 9.17. The molecule has 2 fully saturated rings. The molecule has 0 radical (unpaired) electrons. The number of carbonyl (C=O) groups is 1. The highest BCUT2D eigenvalue weighted by Gasteiger charge is 2.37. The van der Waals surface area contributed by atoms with E-state index in [1.54, 1.807) is 0 Å². The molecule has 2 heterocycles. The molecule has 3 N–H and O–H groups in total. The van der Waals surface area contributed by atoms with Crippen LogP contribution in [-0.2, 0) is 4.79 Å². The lowest BCUT2D eigenvalue weighted by atomic mass is 9.81. The Hall–Kier alpha value is -0.0300. The van der Waals surface area contributed by atoms with E-state index in [1.165, 1.54) is 19.4 Å². The molecular formula is C15H31Cl2N3O. The molecule has 1 amide bonds. The monoisotopic (exact) mass is 339 g/mol. The Bertz CT molecular complexity index is 316. The number of piperidine rings is 1. The van der Waals surface area contributed by atoms with Crippen molar-refractivity contribution in [2.45, 2.75) is 64.5 Å². The van der Waals surface area contributed by atoms with Crippen molar-refractivity contribution in [3.8, 4) is 0 Å². The molecule has 6 heteroatoms. The minimum Gasteiger partial charge on any atom is -0.353 e. The summed E-state index contributed by atoms with van der Waals surface area (Å²) in [5, 5.41) is 3.28. The van der Waals surface area contributed by atoms with E-state index in [4.69, 9.17) is 5.73 Å². The molecule has 2 rings (SSSR count). The third kappa shape index (κ3) is 4.47. The Morgan fingerprint density at radius 1 is 1.24 bits per heavy atom. The molecule has 4 nitrogen and oxygen atoms in total. The van der Waals surface area contributed by atoms with Crippen LogP contribution in [0.25, 0.3) is 0 Å². The lowest BCUT2D eigenvalue weighted by Gasteiger charge is -2.37. The van der Waals surface area contributed by atoms with Crippen LogP contribution in [0.5, 0.6) is 0 Å². The molecular weight excluding hydrogens is 309 g/mol. The maximum absolute atomic E-state index is 12.5. The third-order valence-electron chi connectivity index (χ3n) is 5.38. The summed E-state index contributed by atoms with van der Waals surface area (Å²) in [7, 11) is 0. The van der Waals surface area contributed by atoms with Gasteiger partial charge in [-0.3, -0.25) is 4.79 Å². The van der Waals surface area contributed by atoms with E-state index >= 15 is 0 Å². The van der Waals surface area contributed by atoms with Crippen LogP contribution in [0.3, 0.4) is 0 Å². The normalized spacial score (nSPS) is 25.5. The second-order valence-corrected chi connectivity index (χ2v) is 6.22. The van der Waals surface area contributed by atoms with Gasteiger partial charge in [-0.15, -0.1) is 24.8 Å². The zero-order valence-electron chi connectivity index (χ0n) is 13.3. The van der Waals surface area contributed by atoms with Gasteiger partial charge in [-0.1, -0.05) is 13.8 Å². The topological polar surface area (TPSA) is 58.4 Å². The summed E-state index contributed by atoms with van der Waals surface area (Å²) in [6.07, 6.45) is 6.50. The van der Waals surface area contributed by atoms with E-state index in [2.05, 4.69) is 24.1 Å². The molecule has 0 aromatic heterocycles. The molecule has 0 aliphatic carbocycles. The van der Waals surface area contributed by atoms with E-state index in [-0.39, 0.29) is 36.1 Å². The molecule has 21 heavy (non-hydrogen) atoms. The Morgan fingerprint density at radius 3 is 2.48 bits per heavy atom. The van der Waals surface area contributed by atoms with Gasteiger partial charge in [-0.2, -0.15) is 0 Å². The van der Waals surface area contributed by atoms with Crippen LogP contribution in [0, 0.1) is 5.41 Å². The number of hydrogen-bond donors (Lipinski definition) is 2. The zero-order chi connectivity index (χ0) is 13.9. The second kappa shape index (κ2) is 9.19. The first-order valence-electron chi connectivity index (χ1n) is 7.90. The summed E-state index contributed by atoms with van der Waals surface area (Å²) >= 11 is 0. The van der Waals surface area contributed by atoms with E-state index in [1.807, 2.05) is 0 Å². The fraction of sp³-hybridized carbons (Fsp3) is 0.933. The van der Waals surface area contributed by atoms with Crippen molar-refractivity contribution in [2.24, 2.45) is 11.1 Å². The predicted molar refractivity (Wildman–Crippen MR) is 92.3 cm³/mol. The van der Waals surface area contributed by atoms with Gasteiger partial charge in [0.15, 0.2) is 0 Å². The molecule has 2 aliphatic heterocycles. The van der Waals surface area contributed by atoms with Gasteiger partial charge in [-0.25, -0.2) is 0 Å². The molecule has 2 atom stereocenters. The van der Waals surface area contributed by atoms with Gasteiger partial charge in [0.2, 0.25) is 5.91 Å². The van der Waals surface area contributed by atoms with Gasteiger partial charge in [-0.05, 0) is 45.1 Å². The Morgan fingerprint density at radius 2 is 1.90 bits per heavy atom. The van der Waals surface area contributed by atoms with Crippen molar-refractivity contribution < 1.29 is 4.79 Å². The highest BCUT2D eigenvalue weighted by Crippen LogP contribution is 2.29. The maximum Gasteiger partial charge on any atom is 0.227 e. The summed E-state index contributed by atoms with van der Waals surface area (Å²) in [5.41, 5.74) is 5.50. The third-order valence-corrected chi connectivity index (χ3v) is 5.38. The number of rotatable bonds is 5. The van der Waals surface area contributed by atoms with Crippen LogP contribution in [0.4, 0.5) is 0 Å². The van der Waals surface area contributed by atoms with Crippen LogP contribution in [0.15, 0.2) is 0 Å². The fourth-order valence-corrected chi connectivity index (χ4v) is 3.65. The Labute approximate surface area is 141 Å². The summed E-state index contributed by atoms with van der Waals surface area (Å²) in [4.78, 5) is 15.1. The molecule has 0 saturated carbocycles. The van der Waals surface area contributed by atoms with Crippen molar-refractivity contribution in [1.82, 2.24) is 10.2 Å². The molecule has 0 aromatic carbocycles. The first-order valence-corrected chi connectivity index (χ1v) is 7.90. The van der Waals surface area contributed by atoms with E-state index in [0.29, 0.717) is 18.6 Å². The highest BCUT2D eigenvalue weighted by molar-refractivity contribution is 5.85. The standard InChI is InChI=1S/C15H29N3O.2ClH/c1-3-15(4-2,11-16)14(19)17-12-7-9-18-8-5-6-13(18)10-12;;/h12-13H,3-11,16H2,1-2H3,(H,17,19);2*1H. The highest BCUT2D eigenvalue weighted by atomic mass is 35.5. The van der Waals surface area contributed by atoms with Crippen LogP contribution in [0.1, 0.15) is 52.4 Å². The van der Waals surface area contributed by atoms with Crippen LogP contribution in [-0.4, -0.2) is 42.5 Å². The van der Waals surface area contributed by atoms with Gasteiger partial charge in [0.1, 0.15) is 0 Å². The second-order valence-electron chi connectivity index (χ2n) is 6.22. The van der Waals surface area contributed by atoms with Crippen LogP contribution < -0.4 is 11.1 Å². The minimum absolute atomic E-state index is 0. The first-order chi connectivity index (χ1) is 9.15. The smallest absolute Gasteiger partial charge is 0.227 e. The number of fused-ring (bicyclic) bond motifs is 1. The van der Waals surface area contributed by atoms with Gasteiger partial charge in [0.05, 0.1) is 5.41 Å². The number of halogens is 2. The molecule has 2 unspecified atom stereocenters. The van der Waals surface area contributed by atoms with Crippen molar-refractivity contribution in [3.63, 3.8) is 0 Å². The van der Waals surface area contributed by atoms with E-state index in [9.17, 15) is 4.79 Å². The molecule has 2 saturated heterocycles. The number of amides is 1. The van der Waals surface area contributed by atoms with Crippen LogP contribution >= 0.6 is 24.8 Å². The van der Waals surface area contributed by atoms with Crippen LogP contribution in [0.2, 0.25) is 0 Å². The number of nitrogens with one attached hydrogen (secondary N) is 1. The summed E-state index contributed by atoms with van der Waals surface area (Å²) in [6.45, 7) is 6.98. The van der Waals surface area contributed by atoms with Gasteiger partial charge < -0.3 is 16.0 Å². The zero-order valence-corrected chi connectivity index (χ0v) is 14.9. The fourth-order valence-electron chi connectivity index (χ4n) is 3.65. The summed E-state index contributed by atoms with van der Waals surface area (Å²) < 4.78 is 0. The first kappa shape index (κ1) is 21.0. The van der Waals surface area contributed by atoms with E-state index in [0.717, 1.165) is 32.2 Å². The van der Waals surface area contributed by atoms with Crippen molar-refractivity contribution in [1.29, 1.82) is 0 Å². The van der Waals surface area contributed by atoms with Crippen molar-refractivity contribution >= 4 is 30.7 Å². The molecule has 126 valence electrons. The van der Waals surface area contributed by atoms with Crippen molar-refractivity contribution in [2.75, 3.05) is 19.6 Å². The lowest BCUT2D eigenvalue weighted by molar-refractivity contribution is -0.132. The average Bonchev–Trinajstić information content (AvgIpc) is 2.89. The lowest BCUT2D eigenvalue weighted by Crippen LogP contribution is -2.52. The molecule has 2 aliphatic rings. The minimum atomic E-state index is -0.354. The van der Waals surface area contributed by atoms with Crippen molar-refractivity contribution in [3.05, 3.63) is 0 Å². The van der Waals surface area contributed by atoms with E-state index < -0.39 is 0 Å². The maximum atomic E-state index is 12.5. The number of hydrogen-bond acceptors (Lipinski definition) is 3.